The van der Waals surface area contributed by atoms with Crippen molar-refractivity contribution in [1.29, 1.82) is 0 Å². The number of hydrogen-bond donors (Lipinski definition) is 1. The Morgan fingerprint density at radius 3 is 2.22 bits per heavy atom. The average molecular weight is 477 g/mol. The van der Waals surface area contributed by atoms with E-state index in [1.165, 1.54) is 5.56 Å². The van der Waals surface area contributed by atoms with Crippen molar-refractivity contribution in [2.24, 2.45) is 0 Å². The number of halogens is 2. The molecule has 2 aromatic rings. The van der Waals surface area contributed by atoms with E-state index in [2.05, 4.69) is 43.4 Å². The minimum absolute atomic E-state index is 0.0421. The second kappa shape index (κ2) is 12.3. The van der Waals surface area contributed by atoms with E-state index in [-0.39, 0.29) is 24.4 Å². The summed E-state index contributed by atoms with van der Waals surface area (Å²) in [5, 5.41) is 3.99. The molecule has 6 heteroatoms. The number of nitrogens with zero attached hydrogens (tertiary/aromatic N) is 1. The number of carbonyl (C=O) groups is 2. The Balaban J connectivity index is 2.17. The van der Waals surface area contributed by atoms with Crippen molar-refractivity contribution in [3.8, 4) is 0 Å². The molecule has 0 aromatic heterocycles. The minimum Gasteiger partial charge on any atom is -0.352 e. The van der Waals surface area contributed by atoms with Gasteiger partial charge in [-0.15, -0.1) is 0 Å². The highest BCUT2D eigenvalue weighted by Gasteiger charge is 2.27. The van der Waals surface area contributed by atoms with E-state index in [0.717, 1.165) is 17.5 Å². The number of hydrogen-bond acceptors (Lipinski definition) is 2. The van der Waals surface area contributed by atoms with Crippen LogP contribution in [0.2, 0.25) is 10.0 Å². The maximum atomic E-state index is 13.3. The first-order valence-electron chi connectivity index (χ1n) is 11.2. The number of rotatable bonds is 10. The van der Waals surface area contributed by atoms with Crippen LogP contribution >= 0.6 is 23.2 Å². The predicted octanol–water partition coefficient (Wildman–Crippen LogP) is 6.38. The molecule has 0 saturated heterocycles. The van der Waals surface area contributed by atoms with Gasteiger partial charge in [0.1, 0.15) is 6.04 Å². The van der Waals surface area contributed by atoms with Gasteiger partial charge < -0.3 is 10.2 Å². The van der Waals surface area contributed by atoms with Crippen LogP contribution in [0.1, 0.15) is 70.1 Å². The highest BCUT2D eigenvalue weighted by atomic mass is 35.5. The largest absolute Gasteiger partial charge is 0.352 e. The van der Waals surface area contributed by atoms with E-state index in [1.807, 2.05) is 13.8 Å². The number of nitrogens with one attached hydrogen (secondary N) is 1. The van der Waals surface area contributed by atoms with Crippen LogP contribution in [0.25, 0.3) is 0 Å². The molecule has 2 atom stereocenters. The molecule has 1 N–H and O–H groups in total. The van der Waals surface area contributed by atoms with Gasteiger partial charge in [-0.3, -0.25) is 9.59 Å². The third-order valence-electron chi connectivity index (χ3n) is 5.80. The molecule has 2 amide bonds. The molecule has 0 radical (unpaired) electrons. The quantitative estimate of drug-likeness (QED) is 0.432. The zero-order valence-electron chi connectivity index (χ0n) is 19.6. The van der Waals surface area contributed by atoms with Crippen molar-refractivity contribution in [2.75, 3.05) is 0 Å². The molecule has 0 fully saturated rings. The van der Waals surface area contributed by atoms with Crippen molar-refractivity contribution >= 4 is 35.0 Å². The lowest BCUT2D eigenvalue weighted by atomic mass is 10.00. The lowest BCUT2D eigenvalue weighted by Crippen LogP contribution is -2.49. The highest BCUT2D eigenvalue weighted by molar-refractivity contribution is 6.35. The van der Waals surface area contributed by atoms with Crippen LogP contribution in [0.3, 0.4) is 0 Å². The van der Waals surface area contributed by atoms with Gasteiger partial charge in [0.25, 0.3) is 0 Å². The zero-order chi connectivity index (χ0) is 23.8. The summed E-state index contributed by atoms with van der Waals surface area (Å²) in [5.74, 6) is 0.213. The molecule has 174 valence electrons. The fourth-order valence-corrected chi connectivity index (χ4v) is 3.81. The van der Waals surface area contributed by atoms with Gasteiger partial charge in [0.15, 0.2) is 0 Å². The SMILES string of the molecule is CC[C@H](C)NC(=O)[C@@H](C)N(Cc1ccc(Cl)cc1Cl)C(=O)CCc1ccc(C(C)C)cc1. The van der Waals surface area contributed by atoms with Crippen LogP contribution in [-0.2, 0) is 22.6 Å². The molecule has 32 heavy (non-hydrogen) atoms. The Morgan fingerprint density at radius 2 is 1.66 bits per heavy atom. The Labute approximate surface area is 202 Å². The summed E-state index contributed by atoms with van der Waals surface area (Å²) < 4.78 is 0. The molecule has 0 aliphatic heterocycles. The summed E-state index contributed by atoms with van der Waals surface area (Å²) in [5.41, 5.74) is 3.13. The van der Waals surface area contributed by atoms with Crippen molar-refractivity contribution < 1.29 is 9.59 Å². The molecule has 4 nitrogen and oxygen atoms in total. The normalized spacial score (nSPS) is 13.0. The summed E-state index contributed by atoms with van der Waals surface area (Å²) in [6, 6.07) is 13.0. The summed E-state index contributed by atoms with van der Waals surface area (Å²) in [6.45, 7) is 10.3. The molecule has 0 spiro atoms. The van der Waals surface area contributed by atoms with E-state index in [0.29, 0.717) is 28.8 Å². The van der Waals surface area contributed by atoms with E-state index in [9.17, 15) is 9.59 Å². The van der Waals surface area contributed by atoms with Crippen molar-refractivity contribution in [3.05, 3.63) is 69.2 Å². The fraction of sp³-hybridized carbons (Fsp3) is 0.462. The Kier molecular flexibility index (Phi) is 10.0. The number of benzene rings is 2. The zero-order valence-corrected chi connectivity index (χ0v) is 21.1. The van der Waals surface area contributed by atoms with Crippen molar-refractivity contribution in [1.82, 2.24) is 10.2 Å². The van der Waals surface area contributed by atoms with Crippen molar-refractivity contribution in [2.45, 2.75) is 78.4 Å². The van der Waals surface area contributed by atoms with Crippen LogP contribution in [0.5, 0.6) is 0 Å². The van der Waals surface area contributed by atoms with Gasteiger partial charge in [0, 0.05) is 29.1 Å². The molecule has 0 aliphatic carbocycles. The van der Waals surface area contributed by atoms with Gasteiger partial charge in [-0.2, -0.15) is 0 Å². The fourth-order valence-electron chi connectivity index (χ4n) is 3.35. The first-order valence-corrected chi connectivity index (χ1v) is 12.0. The molecular weight excluding hydrogens is 443 g/mol. The highest BCUT2D eigenvalue weighted by Crippen LogP contribution is 2.24. The molecule has 0 saturated carbocycles. The van der Waals surface area contributed by atoms with Gasteiger partial charge in [0.2, 0.25) is 11.8 Å². The summed E-state index contributed by atoms with van der Waals surface area (Å²) in [6.07, 6.45) is 1.75. The molecule has 0 heterocycles. The second-order valence-electron chi connectivity index (χ2n) is 8.65. The van der Waals surface area contributed by atoms with Crippen LogP contribution in [0.4, 0.5) is 0 Å². The number of carbonyl (C=O) groups excluding carboxylic acids is 2. The van der Waals surface area contributed by atoms with E-state index < -0.39 is 6.04 Å². The monoisotopic (exact) mass is 476 g/mol. The lowest BCUT2D eigenvalue weighted by molar-refractivity contribution is -0.140. The molecule has 0 unspecified atom stereocenters. The maximum Gasteiger partial charge on any atom is 0.242 e. The van der Waals surface area contributed by atoms with E-state index in [1.54, 1.807) is 30.0 Å². The van der Waals surface area contributed by atoms with Gasteiger partial charge in [-0.05, 0) is 61.4 Å². The number of aryl methyl sites for hydroxylation is 1. The maximum absolute atomic E-state index is 13.3. The molecule has 0 bridgehead atoms. The second-order valence-corrected chi connectivity index (χ2v) is 9.49. The summed E-state index contributed by atoms with van der Waals surface area (Å²) in [7, 11) is 0. The van der Waals surface area contributed by atoms with E-state index in [4.69, 9.17) is 23.2 Å². The van der Waals surface area contributed by atoms with Crippen LogP contribution in [0.15, 0.2) is 42.5 Å². The molecule has 2 rings (SSSR count). The van der Waals surface area contributed by atoms with Gasteiger partial charge in [-0.1, -0.05) is 74.3 Å². The number of amides is 2. The van der Waals surface area contributed by atoms with Gasteiger partial charge in [0.05, 0.1) is 0 Å². The van der Waals surface area contributed by atoms with Crippen molar-refractivity contribution in [3.63, 3.8) is 0 Å². The lowest BCUT2D eigenvalue weighted by Gasteiger charge is -2.30. The Morgan fingerprint density at radius 1 is 1.00 bits per heavy atom. The van der Waals surface area contributed by atoms with Crippen LogP contribution in [0, 0.1) is 0 Å². The molecular formula is C26H34Cl2N2O2. The van der Waals surface area contributed by atoms with Crippen LogP contribution < -0.4 is 5.32 Å². The smallest absolute Gasteiger partial charge is 0.242 e. The first-order chi connectivity index (χ1) is 15.1. The third kappa shape index (κ3) is 7.53. The minimum atomic E-state index is -0.619. The van der Waals surface area contributed by atoms with E-state index >= 15 is 0 Å². The summed E-state index contributed by atoms with van der Waals surface area (Å²) in [4.78, 5) is 27.7. The first kappa shape index (κ1) is 26.2. The predicted molar refractivity (Wildman–Crippen MR) is 133 cm³/mol. The third-order valence-corrected chi connectivity index (χ3v) is 6.39. The Hall–Kier alpha value is -2.04. The topological polar surface area (TPSA) is 49.4 Å². The molecule has 0 aliphatic rings. The van der Waals surface area contributed by atoms with Gasteiger partial charge in [-0.25, -0.2) is 0 Å². The Bertz CT molecular complexity index is 913. The molecule has 2 aromatic carbocycles. The standard InChI is InChI=1S/C26H34Cl2N2O2/c1-6-18(4)29-26(32)19(5)30(16-22-12-13-23(27)15-24(22)28)25(31)14-9-20-7-10-21(11-8-20)17(2)3/h7-8,10-13,15,17-19H,6,9,14,16H2,1-5H3,(H,29,32)/t18-,19+/m0/s1. The summed E-state index contributed by atoms with van der Waals surface area (Å²) >= 11 is 12.4. The van der Waals surface area contributed by atoms with Gasteiger partial charge >= 0.3 is 0 Å². The average Bonchev–Trinajstić information content (AvgIpc) is 2.76. The van der Waals surface area contributed by atoms with Crippen LogP contribution in [-0.4, -0.2) is 28.8 Å².